The van der Waals surface area contributed by atoms with Gasteiger partial charge in [0.1, 0.15) is 5.75 Å². The molecule has 0 fully saturated rings. The molecular weight excluding hydrogens is 228 g/mol. The second-order valence-electron chi connectivity index (χ2n) is 4.30. The molecule has 18 heavy (non-hydrogen) atoms. The van der Waals surface area contributed by atoms with Gasteiger partial charge in [-0.2, -0.15) is 0 Å². The highest BCUT2D eigenvalue weighted by atomic mass is 16.5. The first-order valence-corrected chi connectivity index (χ1v) is 6.25. The van der Waals surface area contributed by atoms with Gasteiger partial charge in [0.25, 0.3) is 5.91 Å². The minimum Gasteiger partial charge on any atom is -0.483 e. The van der Waals surface area contributed by atoms with E-state index in [0.717, 1.165) is 23.3 Å². The lowest BCUT2D eigenvalue weighted by Gasteiger charge is -2.17. The molecule has 1 amide bonds. The van der Waals surface area contributed by atoms with Crippen molar-refractivity contribution in [2.45, 2.75) is 20.3 Å². The smallest absolute Gasteiger partial charge is 0.260 e. The zero-order valence-corrected chi connectivity index (χ0v) is 11.4. The number of rotatable bonds is 6. The SMILES string of the molecule is CCN(C)C(=O)COc1c(C)cccc1CCN. The molecule has 0 aliphatic carbocycles. The summed E-state index contributed by atoms with van der Waals surface area (Å²) in [6.07, 6.45) is 0.759. The maximum absolute atomic E-state index is 11.7. The van der Waals surface area contributed by atoms with Crippen LogP contribution >= 0.6 is 0 Å². The van der Waals surface area contributed by atoms with E-state index in [1.54, 1.807) is 11.9 Å². The highest BCUT2D eigenvalue weighted by Crippen LogP contribution is 2.23. The monoisotopic (exact) mass is 250 g/mol. The van der Waals surface area contributed by atoms with E-state index in [1.165, 1.54) is 0 Å². The first kappa shape index (κ1) is 14.5. The number of nitrogens with two attached hydrogens (primary N) is 1. The Morgan fingerprint density at radius 2 is 2.17 bits per heavy atom. The number of benzene rings is 1. The first-order valence-electron chi connectivity index (χ1n) is 6.25. The molecule has 0 radical (unpaired) electrons. The molecule has 1 aromatic rings. The lowest BCUT2D eigenvalue weighted by Crippen LogP contribution is -2.31. The third kappa shape index (κ3) is 3.74. The topological polar surface area (TPSA) is 55.6 Å². The second-order valence-corrected chi connectivity index (χ2v) is 4.30. The van der Waals surface area contributed by atoms with Gasteiger partial charge >= 0.3 is 0 Å². The molecule has 100 valence electrons. The van der Waals surface area contributed by atoms with E-state index in [4.69, 9.17) is 10.5 Å². The van der Waals surface area contributed by atoms with E-state index in [-0.39, 0.29) is 12.5 Å². The summed E-state index contributed by atoms with van der Waals surface area (Å²) in [6, 6.07) is 5.94. The van der Waals surface area contributed by atoms with E-state index in [2.05, 4.69) is 0 Å². The Kier molecular flexibility index (Phi) is 5.65. The third-order valence-electron chi connectivity index (χ3n) is 2.95. The highest BCUT2D eigenvalue weighted by Gasteiger charge is 2.11. The predicted molar refractivity (Wildman–Crippen MR) is 72.7 cm³/mol. The van der Waals surface area contributed by atoms with Crippen molar-refractivity contribution in [2.24, 2.45) is 5.73 Å². The van der Waals surface area contributed by atoms with Gasteiger partial charge < -0.3 is 15.4 Å². The van der Waals surface area contributed by atoms with Crippen LogP contribution in [0.5, 0.6) is 5.75 Å². The van der Waals surface area contributed by atoms with Crippen molar-refractivity contribution in [1.29, 1.82) is 0 Å². The molecule has 0 bridgehead atoms. The van der Waals surface area contributed by atoms with Crippen LogP contribution in [0.2, 0.25) is 0 Å². The Balaban J connectivity index is 2.74. The normalized spacial score (nSPS) is 10.2. The minimum absolute atomic E-state index is 0.0144. The number of aryl methyl sites for hydroxylation is 1. The van der Waals surface area contributed by atoms with Crippen LogP contribution < -0.4 is 10.5 Å². The van der Waals surface area contributed by atoms with E-state index in [0.29, 0.717) is 13.1 Å². The van der Waals surface area contributed by atoms with Gasteiger partial charge in [-0.1, -0.05) is 18.2 Å². The summed E-state index contributed by atoms with van der Waals surface area (Å²) in [4.78, 5) is 13.3. The fraction of sp³-hybridized carbons (Fsp3) is 0.500. The van der Waals surface area contributed by atoms with Gasteiger partial charge in [-0.3, -0.25) is 4.79 Å². The average molecular weight is 250 g/mol. The van der Waals surface area contributed by atoms with Gasteiger partial charge in [0.05, 0.1) is 0 Å². The average Bonchev–Trinajstić information content (AvgIpc) is 2.37. The fourth-order valence-corrected chi connectivity index (χ4v) is 1.69. The van der Waals surface area contributed by atoms with Crippen molar-refractivity contribution in [2.75, 3.05) is 26.7 Å². The summed E-state index contributed by atoms with van der Waals surface area (Å²) >= 11 is 0. The summed E-state index contributed by atoms with van der Waals surface area (Å²) in [5.74, 6) is 0.778. The Labute approximate surface area is 109 Å². The largest absolute Gasteiger partial charge is 0.483 e. The lowest BCUT2D eigenvalue weighted by molar-refractivity contribution is -0.131. The van der Waals surface area contributed by atoms with Crippen molar-refractivity contribution in [1.82, 2.24) is 4.90 Å². The zero-order chi connectivity index (χ0) is 13.5. The molecule has 0 heterocycles. The van der Waals surface area contributed by atoms with Crippen molar-refractivity contribution in [3.63, 3.8) is 0 Å². The Morgan fingerprint density at radius 1 is 1.44 bits per heavy atom. The number of nitrogens with zero attached hydrogens (tertiary/aromatic N) is 1. The Hall–Kier alpha value is -1.55. The van der Waals surface area contributed by atoms with Crippen LogP contribution in [-0.4, -0.2) is 37.6 Å². The van der Waals surface area contributed by atoms with Crippen LogP contribution in [0.3, 0.4) is 0 Å². The summed E-state index contributed by atoms with van der Waals surface area (Å²) in [6.45, 7) is 5.25. The molecule has 0 spiro atoms. The van der Waals surface area contributed by atoms with Gasteiger partial charge in [-0.25, -0.2) is 0 Å². The number of carbonyl (C=O) groups excluding carboxylic acids is 1. The molecule has 0 aliphatic heterocycles. The Bertz CT molecular complexity index is 405. The van der Waals surface area contributed by atoms with Crippen LogP contribution in [-0.2, 0) is 11.2 Å². The minimum atomic E-state index is -0.0144. The summed E-state index contributed by atoms with van der Waals surface area (Å²) in [5.41, 5.74) is 7.67. The molecule has 0 aliphatic rings. The van der Waals surface area contributed by atoms with Gasteiger partial charge in [0, 0.05) is 13.6 Å². The Morgan fingerprint density at radius 3 is 2.78 bits per heavy atom. The molecule has 4 heteroatoms. The number of ether oxygens (including phenoxy) is 1. The number of para-hydroxylation sites is 1. The maximum Gasteiger partial charge on any atom is 0.260 e. The lowest BCUT2D eigenvalue weighted by atomic mass is 10.1. The molecule has 0 saturated carbocycles. The zero-order valence-electron chi connectivity index (χ0n) is 11.4. The summed E-state index contributed by atoms with van der Waals surface area (Å²) in [7, 11) is 1.77. The summed E-state index contributed by atoms with van der Waals surface area (Å²) in [5, 5.41) is 0. The van der Waals surface area contributed by atoms with Crippen LogP contribution in [0.25, 0.3) is 0 Å². The molecule has 1 aromatic carbocycles. The van der Waals surface area contributed by atoms with E-state index in [1.807, 2.05) is 32.0 Å². The van der Waals surface area contributed by atoms with Gasteiger partial charge in [-0.05, 0) is 37.9 Å². The highest BCUT2D eigenvalue weighted by molar-refractivity contribution is 5.77. The van der Waals surface area contributed by atoms with Crippen LogP contribution in [0, 0.1) is 6.92 Å². The molecule has 0 aromatic heterocycles. The first-order chi connectivity index (χ1) is 8.60. The van der Waals surface area contributed by atoms with Crippen LogP contribution in [0.1, 0.15) is 18.1 Å². The molecule has 0 atom stereocenters. The van der Waals surface area contributed by atoms with E-state index >= 15 is 0 Å². The number of hydrogen-bond donors (Lipinski definition) is 1. The number of amides is 1. The number of likely N-dealkylation sites (N-methyl/N-ethyl adjacent to an activating group) is 1. The van der Waals surface area contributed by atoms with Crippen molar-refractivity contribution >= 4 is 5.91 Å². The predicted octanol–water partition coefficient (Wildman–Crippen LogP) is 1.35. The summed E-state index contributed by atoms with van der Waals surface area (Å²) < 4.78 is 5.66. The molecule has 0 saturated heterocycles. The van der Waals surface area contributed by atoms with Crippen molar-refractivity contribution < 1.29 is 9.53 Å². The molecular formula is C14H22N2O2. The van der Waals surface area contributed by atoms with Gasteiger partial charge in [0.15, 0.2) is 6.61 Å². The maximum atomic E-state index is 11.7. The van der Waals surface area contributed by atoms with E-state index < -0.39 is 0 Å². The van der Waals surface area contributed by atoms with E-state index in [9.17, 15) is 4.79 Å². The van der Waals surface area contributed by atoms with Crippen LogP contribution in [0.15, 0.2) is 18.2 Å². The number of hydrogen-bond acceptors (Lipinski definition) is 3. The number of carbonyl (C=O) groups is 1. The third-order valence-corrected chi connectivity index (χ3v) is 2.95. The molecule has 4 nitrogen and oxygen atoms in total. The van der Waals surface area contributed by atoms with Crippen molar-refractivity contribution in [3.8, 4) is 5.75 Å². The molecule has 2 N–H and O–H groups in total. The fourth-order valence-electron chi connectivity index (χ4n) is 1.69. The van der Waals surface area contributed by atoms with Crippen LogP contribution in [0.4, 0.5) is 0 Å². The van der Waals surface area contributed by atoms with Gasteiger partial charge in [0.2, 0.25) is 0 Å². The van der Waals surface area contributed by atoms with Gasteiger partial charge in [-0.15, -0.1) is 0 Å². The molecule has 0 unspecified atom stereocenters. The molecule has 1 rings (SSSR count). The quantitative estimate of drug-likeness (QED) is 0.829. The second kappa shape index (κ2) is 7.01. The standard InChI is InChI=1S/C14H22N2O2/c1-4-16(3)13(17)10-18-14-11(2)6-5-7-12(14)8-9-15/h5-7H,4,8-10,15H2,1-3H3. The van der Waals surface area contributed by atoms with Crippen molar-refractivity contribution in [3.05, 3.63) is 29.3 Å².